The zero-order chi connectivity index (χ0) is 33.5. The van der Waals surface area contributed by atoms with Gasteiger partial charge in [0, 0.05) is 22.6 Å². The molecule has 0 bridgehead atoms. The van der Waals surface area contributed by atoms with Crippen LogP contribution < -0.4 is 9.80 Å². The van der Waals surface area contributed by atoms with Crippen molar-refractivity contribution >= 4 is 80.1 Å². The predicted octanol–water partition coefficient (Wildman–Crippen LogP) is 8.43. The van der Waals surface area contributed by atoms with E-state index in [1.807, 2.05) is 121 Å². The molecule has 240 valence electrons. The second-order valence-corrected chi connectivity index (χ2v) is 14.8. The van der Waals surface area contributed by atoms with E-state index in [1.54, 1.807) is 0 Å². The first kappa shape index (κ1) is 31.1. The Balaban J connectivity index is 0.907. The van der Waals surface area contributed by atoms with Gasteiger partial charge in [-0.05, 0) is 81.6 Å². The van der Waals surface area contributed by atoms with Crippen LogP contribution in [0.5, 0.6) is 0 Å². The SMILES string of the molecule is O=C1C[C@H](Sc2ccc3ccccc3c2)C(=O)N1c1ccc(Cc2ccc(N3C(=O)C[C@H](Sc4cccc5ccccc45)C3=O)cc2)cc1. The molecule has 2 saturated heterocycles. The Bertz CT molecular complexity index is 2260. The van der Waals surface area contributed by atoms with Gasteiger partial charge < -0.3 is 0 Å². The molecule has 2 atom stereocenters. The molecule has 2 aliphatic rings. The zero-order valence-electron chi connectivity index (χ0n) is 26.3. The maximum atomic E-state index is 13.4. The zero-order valence-corrected chi connectivity index (χ0v) is 28.0. The van der Waals surface area contributed by atoms with Crippen LogP contribution in [0.15, 0.2) is 143 Å². The Labute approximate surface area is 292 Å². The lowest BCUT2D eigenvalue weighted by molar-refractivity contribution is -0.122. The van der Waals surface area contributed by atoms with Gasteiger partial charge in [0.25, 0.3) is 0 Å². The fourth-order valence-corrected chi connectivity index (χ4v) is 8.86. The van der Waals surface area contributed by atoms with Gasteiger partial charge >= 0.3 is 0 Å². The van der Waals surface area contributed by atoms with Crippen molar-refractivity contribution in [3.05, 3.63) is 145 Å². The van der Waals surface area contributed by atoms with Crippen LogP contribution in [0.25, 0.3) is 21.5 Å². The summed E-state index contributed by atoms with van der Waals surface area (Å²) in [6.45, 7) is 0. The number of nitrogens with zero attached hydrogens (tertiary/aromatic N) is 2. The first-order valence-corrected chi connectivity index (χ1v) is 17.9. The molecular weight excluding hydrogens is 649 g/mol. The second-order valence-electron chi connectivity index (χ2n) is 12.3. The van der Waals surface area contributed by atoms with E-state index in [-0.39, 0.29) is 36.5 Å². The fourth-order valence-electron chi connectivity index (χ4n) is 6.55. The average molecular weight is 679 g/mol. The van der Waals surface area contributed by atoms with Crippen molar-refractivity contribution in [3.63, 3.8) is 0 Å². The number of carbonyl (C=O) groups is 4. The van der Waals surface area contributed by atoms with E-state index in [9.17, 15) is 19.2 Å². The van der Waals surface area contributed by atoms with Gasteiger partial charge in [0.1, 0.15) is 0 Å². The summed E-state index contributed by atoms with van der Waals surface area (Å²) >= 11 is 2.88. The predicted molar refractivity (Wildman–Crippen MR) is 197 cm³/mol. The van der Waals surface area contributed by atoms with Crippen LogP contribution in [0.2, 0.25) is 0 Å². The summed E-state index contributed by atoms with van der Waals surface area (Å²) in [5.74, 6) is -0.796. The summed E-state index contributed by atoms with van der Waals surface area (Å²) in [7, 11) is 0. The number of imide groups is 2. The number of carbonyl (C=O) groups excluding carboxylic acids is 4. The molecule has 49 heavy (non-hydrogen) atoms. The van der Waals surface area contributed by atoms with Crippen molar-refractivity contribution in [1.29, 1.82) is 0 Å². The highest BCUT2D eigenvalue weighted by atomic mass is 32.2. The quantitative estimate of drug-likeness (QED) is 0.151. The minimum Gasteiger partial charge on any atom is -0.274 e. The molecule has 8 heteroatoms. The van der Waals surface area contributed by atoms with Gasteiger partial charge in [-0.2, -0.15) is 0 Å². The average Bonchev–Trinajstić information content (AvgIpc) is 3.56. The van der Waals surface area contributed by atoms with Crippen LogP contribution in [0.3, 0.4) is 0 Å². The van der Waals surface area contributed by atoms with Crippen LogP contribution in [0, 0.1) is 0 Å². The third kappa shape index (κ3) is 6.14. The largest absolute Gasteiger partial charge is 0.274 e. The molecule has 8 rings (SSSR count). The van der Waals surface area contributed by atoms with E-state index in [0.29, 0.717) is 17.8 Å². The summed E-state index contributed by atoms with van der Waals surface area (Å²) in [5, 5.41) is 3.47. The molecule has 2 aliphatic heterocycles. The number of hydrogen-bond acceptors (Lipinski definition) is 6. The third-order valence-corrected chi connectivity index (χ3v) is 11.5. The molecule has 0 aliphatic carbocycles. The smallest absolute Gasteiger partial charge is 0.247 e. The van der Waals surface area contributed by atoms with Crippen LogP contribution in [0.4, 0.5) is 11.4 Å². The minimum atomic E-state index is -0.474. The third-order valence-electron chi connectivity index (χ3n) is 9.03. The van der Waals surface area contributed by atoms with Crippen molar-refractivity contribution < 1.29 is 19.2 Å². The Morgan fingerprint density at radius 1 is 0.510 bits per heavy atom. The fraction of sp³-hybridized carbons (Fsp3) is 0.122. The molecule has 0 radical (unpaired) electrons. The lowest BCUT2D eigenvalue weighted by Crippen LogP contribution is -2.31. The lowest BCUT2D eigenvalue weighted by Gasteiger charge is -2.16. The molecule has 0 saturated carbocycles. The van der Waals surface area contributed by atoms with E-state index in [2.05, 4.69) is 12.1 Å². The van der Waals surface area contributed by atoms with Gasteiger partial charge in [-0.1, -0.05) is 91.0 Å². The van der Waals surface area contributed by atoms with Crippen LogP contribution in [-0.4, -0.2) is 34.1 Å². The van der Waals surface area contributed by atoms with Crippen molar-refractivity contribution in [3.8, 4) is 0 Å². The molecular formula is C41H30N2O4S2. The summed E-state index contributed by atoms with van der Waals surface area (Å²) in [4.78, 5) is 57.3. The molecule has 0 unspecified atom stereocenters. The Kier molecular flexibility index (Phi) is 8.27. The van der Waals surface area contributed by atoms with Gasteiger partial charge in [-0.3, -0.25) is 19.2 Å². The molecule has 6 aromatic carbocycles. The van der Waals surface area contributed by atoms with Gasteiger partial charge in [-0.25, -0.2) is 9.80 Å². The number of thioether (sulfide) groups is 2. The standard InChI is InChI=1S/C41H30N2O4S2/c44-38-24-36(48-33-21-16-28-6-1-2-8-30(28)23-33)40(46)42(38)31-17-12-26(13-18-31)22-27-14-19-32(20-15-27)43-39(45)25-37(41(43)47)49-35-11-5-9-29-7-3-4-10-34(29)35/h1-21,23,36-37H,22,24-25H2/t36-,37-/m0/s1. The van der Waals surface area contributed by atoms with Crippen molar-refractivity contribution in [2.24, 2.45) is 0 Å². The van der Waals surface area contributed by atoms with Gasteiger partial charge in [-0.15, -0.1) is 23.5 Å². The number of rotatable bonds is 8. The van der Waals surface area contributed by atoms with E-state index in [4.69, 9.17) is 0 Å². The number of anilines is 2. The van der Waals surface area contributed by atoms with Crippen LogP contribution >= 0.6 is 23.5 Å². The Hall–Kier alpha value is -5.18. The normalized spacial score (nSPS) is 18.0. The molecule has 6 aromatic rings. The van der Waals surface area contributed by atoms with Crippen molar-refractivity contribution in [1.82, 2.24) is 0 Å². The summed E-state index contributed by atoms with van der Waals surface area (Å²) in [6.07, 6.45) is 0.936. The van der Waals surface area contributed by atoms with E-state index in [1.165, 1.54) is 33.3 Å². The van der Waals surface area contributed by atoms with Crippen molar-refractivity contribution in [2.45, 2.75) is 39.6 Å². The van der Waals surface area contributed by atoms with Crippen molar-refractivity contribution in [2.75, 3.05) is 9.80 Å². The topological polar surface area (TPSA) is 74.8 Å². The summed E-state index contributed by atoms with van der Waals surface area (Å²) in [5.41, 5.74) is 3.16. The number of hydrogen-bond donors (Lipinski definition) is 0. The number of amides is 4. The number of fused-ring (bicyclic) bond motifs is 2. The summed E-state index contributed by atoms with van der Waals surface area (Å²) in [6, 6.07) is 43.2. The number of benzene rings is 6. The van der Waals surface area contributed by atoms with Crippen LogP contribution in [-0.2, 0) is 25.6 Å². The van der Waals surface area contributed by atoms with Gasteiger partial charge in [0.05, 0.1) is 21.9 Å². The first-order chi connectivity index (χ1) is 23.9. The maximum absolute atomic E-state index is 13.4. The molecule has 0 N–H and O–H groups in total. The van der Waals surface area contributed by atoms with Gasteiger partial charge in [0.15, 0.2) is 0 Å². The Morgan fingerprint density at radius 3 is 1.67 bits per heavy atom. The highest BCUT2D eigenvalue weighted by molar-refractivity contribution is 8.01. The monoisotopic (exact) mass is 678 g/mol. The first-order valence-electron chi connectivity index (χ1n) is 16.1. The second kappa shape index (κ2) is 13.0. The highest BCUT2D eigenvalue weighted by Crippen LogP contribution is 2.38. The molecule has 2 fully saturated rings. The molecule has 4 amide bonds. The van der Waals surface area contributed by atoms with E-state index < -0.39 is 10.5 Å². The minimum absolute atomic E-state index is 0.158. The maximum Gasteiger partial charge on any atom is 0.247 e. The Morgan fingerprint density at radius 2 is 1.04 bits per heavy atom. The molecule has 6 nitrogen and oxygen atoms in total. The van der Waals surface area contributed by atoms with E-state index in [0.717, 1.165) is 42.5 Å². The lowest BCUT2D eigenvalue weighted by atomic mass is 10.0. The molecule has 2 heterocycles. The van der Waals surface area contributed by atoms with E-state index >= 15 is 0 Å². The highest BCUT2D eigenvalue weighted by Gasteiger charge is 2.41. The summed E-state index contributed by atoms with van der Waals surface area (Å²) < 4.78 is 0. The van der Waals surface area contributed by atoms with Gasteiger partial charge in [0.2, 0.25) is 23.6 Å². The molecule has 0 aromatic heterocycles. The molecule has 0 spiro atoms. The van der Waals surface area contributed by atoms with Crippen LogP contribution in [0.1, 0.15) is 24.0 Å².